The van der Waals surface area contributed by atoms with E-state index in [0.717, 1.165) is 17.7 Å². The van der Waals surface area contributed by atoms with Crippen LogP contribution < -0.4 is 19.5 Å². The van der Waals surface area contributed by atoms with Gasteiger partial charge in [-0.1, -0.05) is 25.1 Å². The van der Waals surface area contributed by atoms with E-state index in [9.17, 15) is 4.79 Å². The molecule has 0 heterocycles. The van der Waals surface area contributed by atoms with E-state index in [4.69, 9.17) is 14.2 Å². The highest BCUT2D eigenvalue weighted by Crippen LogP contribution is 2.37. The topological polar surface area (TPSA) is 56.8 Å². The van der Waals surface area contributed by atoms with Gasteiger partial charge in [-0.05, 0) is 77.3 Å². The molecule has 0 aliphatic heterocycles. The quantitative estimate of drug-likeness (QED) is 0.403. The van der Waals surface area contributed by atoms with Gasteiger partial charge in [-0.3, -0.25) is 4.79 Å². The molecule has 0 bridgehead atoms. The monoisotopic (exact) mass is 469 g/mol. The fourth-order valence-electron chi connectivity index (χ4n) is 2.80. The van der Waals surface area contributed by atoms with E-state index in [1.54, 1.807) is 31.4 Å². The number of anilines is 1. The Morgan fingerprint density at radius 2 is 1.77 bits per heavy atom. The molecule has 0 spiro atoms. The summed E-state index contributed by atoms with van der Waals surface area (Å²) in [5.41, 5.74) is 2.18. The van der Waals surface area contributed by atoms with Gasteiger partial charge in [-0.15, -0.1) is 0 Å². The number of rotatable bonds is 8. The Morgan fingerprint density at radius 3 is 2.43 bits per heavy atom. The van der Waals surface area contributed by atoms with Gasteiger partial charge in [0.2, 0.25) is 0 Å². The van der Waals surface area contributed by atoms with Crippen LogP contribution in [0.3, 0.4) is 0 Å². The lowest BCUT2D eigenvalue weighted by molar-refractivity contribution is 0.102. The van der Waals surface area contributed by atoms with Crippen molar-refractivity contribution >= 4 is 27.5 Å². The second kappa shape index (κ2) is 10.2. The number of carbonyl (C=O) groups is 1. The van der Waals surface area contributed by atoms with Gasteiger partial charge in [0.25, 0.3) is 5.91 Å². The summed E-state index contributed by atoms with van der Waals surface area (Å²) in [6.45, 7) is 4.59. The van der Waals surface area contributed by atoms with E-state index >= 15 is 0 Å². The van der Waals surface area contributed by atoms with Crippen LogP contribution in [0.4, 0.5) is 5.69 Å². The van der Waals surface area contributed by atoms with Crippen LogP contribution in [-0.4, -0.2) is 19.6 Å². The first-order valence-corrected chi connectivity index (χ1v) is 10.5. The van der Waals surface area contributed by atoms with Crippen molar-refractivity contribution in [2.45, 2.75) is 20.3 Å². The van der Waals surface area contributed by atoms with Gasteiger partial charge in [0, 0.05) is 11.3 Å². The van der Waals surface area contributed by atoms with Crippen molar-refractivity contribution in [3.63, 3.8) is 0 Å². The maximum Gasteiger partial charge on any atom is 0.255 e. The van der Waals surface area contributed by atoms with Crippen LogP contribution in [0.15, 0.2) is 65.1 Å². The van der Waals surface area contributed by atoms with Crippen molar-refractivity contribution in [3.8, 4) is 23.0 Å². The summed E-state index contributed by atoms with van der Waals surface area (Å²) < 4.78 is 17.7. The molecule has 1 N–H and O–H groups in total. The number of nitrogens with one attached hydrogen (secondary N) is 1. The second-order valence-electron chi connectivity index (χ2n) is 6.68. The normalized spacial score (nSPS) is 10.4. The van der Waals surface area contributed by atoms with Crippen molar-refractivity contribution in [2.24, 2.45) is 0 Å². The van der Waals surface area contributed by atoms with E-state index in [2.05, 4.69) is 21.2 Å². The fraction of sp³-hybridized carbons (Fsp3) is 0.208. The van der Waals surface area contributed by atoms with Crippen LogP contribution in [0, 0.1) is 6.92 Å². The molecule has 0 aliphatic carbocycles. The van der Waals surface area contributed by atoms with Crippen molar-refractivity contribution in [3.05, 3.63) is 76.3 Å². The molecule has 0 saturated carbocycles. The molecular formula is C24H24BrNO4. The molecule has 6 heteroatoms. The molecule has 0 aliphatic rings. The van der Waals surface area contributed by atoms with Crippen molar-refractivity contribution in [1.82, 2.24) is 0 Å². The number of methoxy groups -OCH3 is 1. The first kappa shape index (κ1) is 21.7. The van der Waals surface area contributed by atoms with E-state index in [-0.39, 0.29) is 5.91 Å². The minimum atomic E-state index is -0.247. The lowest BCUT2D eigenvalue weighted by Gasteiger charge is -2.14. The number of ether oxygens (including phenoxy) is 3. The third kappa shape index (κ3) is 5.33. The lowest BCUT2D eigenvalue weighted by Crippen LogP contribution is -2.12. The first-order chi connectivity index (χ1) is 14.5. The highest BCUT2D eigenvalue weighted by atomic mass is 79.9. The summed E-state index contributed by atoms with van der Waals surface area (Å²) in [5.74, 6) is 2.35. The molecule has 30 heavy (non-hydrogen) atoms. The number of amides is 1. The fourth-order valence-corrected chi connectivity index (χ4v) is 3.36. The van der Waals surface area contributed by atoms with Crippen LogP contribution in [0.1, 0.15) is 29.3 Å². The highest BCUT2D eigenvalue weighted by molar-refractivity contribution is 9.10. The second-order valence-corrected chi connectivity index (χ2v) is 7.54. The predicted octanol–water partition coefficient (Wildman–Crippen LogP) is 6.60. The van der Waals surface area contributed by atoms with Crippen molar-refractivity contribution in [1.29, 1.82) is 0 Å². The number of hydrogen-bond donors (Lipinski definition) is 1. The van der Waals surface area contributed by atoms with E-state index in [0.29, 0.717) is 39.6 Å². The number of para-hydroxylation sites is 1. The summed E-state index contributed by atoms with van der Waals surface area (Å²) in [5, 5.41) is 2.89. The van der Waals surface area contributed by atoms with E-state index < -0.39 is 0 Å². The summed E-state index contributed by atoms with van der Waals surface area (Å²) in [6, 6.07) is 18.4. The zero-order valence-electron chi connectivity index (χ0n) is 17.2. The van der Waals surface area contributed by atoms with Gasteiger partial charge in [0.1, 0.15) is 11.5 Å². The van der Waals surface area contributed by atoms with Gasteiger partial charge >= 0.3 is 0 Å². The van der Waals surface area contributed by atoms with Crippen LogP contribution in [0.5, 0.6) is 23.0 Å². The maximum atomic E-state index is 12.7. The molecule has 1 amide bonds. The molecule has 0 fully saturated rings. The number of benzene rings is 3. The van der Waals surface area contributed by atoms with Crippen LogP contribution in [0.25, 0.3) is 0 Å². The summed E-state index contributed by atoms with van der Waals surface area (Å²) >= 11 is 3.47. The standard InChI is InChI=1S/C24H24BrNO4/c1-4-13-29-23-20(25)14-17(15-22(23)28-3)24(27)26-18-9-11-19(12-10-18)30-21-8-6-5-7-16(21)2/h5-12,14-15H,4,13H2,1-3H3,(H,26,27). The molecule has 3 aromatic rings. The largest absolute Gasteiger partial charge is 0.493 e. The lowest BCUT2D eigenvalue weighted by atomic mass is 10.1. The van der Waals surface area contributed by atoms with Gasteiger partial charge in [-0.2, -0.15) is 0 Å². The highest BCUT2D eigenvalue weighted by Gasteiger charge is 2.16. The molecule has 0 unspecified atom stereocenters. The SMILES string of the molecule is CCCOc1c(Br)cc(C(=O)Nc2ccc(Oc3ccccc3C)cc2)cc1OC. The Kier molecular flexibility index (Phi) is 7.36. The van der Waals surface area contributed by atoms with Crippen LogP contribution >= 0.6 is 15.9 Å². The molecule has 3 aromatic carbocycles. The molecule has 156 valence electrons. The van der Waals surface area contributed by atoms with Gasteiger partial charge in [0.15, 0.2) is 11.5 Å². The number of hydrogen-bond acceptors (Lipinski definition) is 4. The van der Waals surface area contributed by atoms with Gasteiger partial charge < -0.3 is 19.5 Å². The molecule has 0 aromatic heterocycles. The average Bonchev–Trinajstić information content (AvgIpc) is 2.75. The molecule has 0 saturated heterocycles. The zero-order chi connectivity index (χ0) is 21.5. The Hall–Kier alpha value is -2.99. The van der Waals surface area contributed by atoms with Crippen LogP contribution in [-0.2, 0) is 0 Å². The molecular weight excluding hydrogens is 446 g/mol. The van der Waals surface area contributed by atoms with Gasteiger partial charge in [0.05, 0.1) is 18.2 Å². The summed E-state index contributed by atoms with van der Waals surface area (Å²) in [7, 11) is 1.55. The Bertz CT molecular complexity index is 1020. The zero-order valence-corrected chi connectivity index (χ0v) is 18.8. The molecule has 0 atom stereocenters. The van der Waals surface area contributed by atoms with E-state index in [1.165, 1.54) is 0 Å². The predicted molar refractivity (Wildman–Crippen MR) is 122 cm³/mol. The Balaban J connectivity index is 1.71. The number of aryl methyl sites for hydroxylation is 1. The van der Waals surface area contributed by atoms with Gasteiger partial charge in [-0.25, -0.2) is 0 Å². The number of halogens is 1. The molecule has 5 nitrogen and oxygen atoms in total. The smallest absolute Gasteiger partial charge is 0.255 e. The average molecular weight is 470 g/mol. The van der Waals surface area contributed by atoms with E-state index in [1.807, 2.05) is 50.2 Å². The minimum absolute atomic E-state index is 0.247. The van der Waals surface area contributed by atoms with Crippen molar-refractivity contribution in [2.75, 3.05) is 19.0 Å². The summed E-state index contributed by atoms with van der Waals surface area (Å²) in [4.78, 5) is 12.7. The first-order valence-electron chi connectivity index (χ1n) is 9.67. The molecule has 3 rings (SSSR count). The maximum absolute atomic E-state index is 12.7. The Labute approximate surface area is 185 Å². The Morgan fingerprint density at radius 1 is 1.03 bits per heavy atom. The third-order valence-corrected chi connectivity index (χ3v) is 4.96. The minimum Gasteiger partial charge on any atom is -0.493 e. The number of carbonyl (C=O) groups excluding carboxylic acids is 1. The third-order valence-electron chi connectivity index (χ3n) is 4.38. The van der Waals surface area contributed by atoms with Crippen molar-refractivity contribution < 1.29 is 19.0 Å². The summed E-state index contributed by atoms with van der Waals surface area (Å²) in [6.07, 6.45) is 0.876. The molecule has 0 radical (unpaired) electrons. The van der Waals surface area contributed by atoms with Crippen LogP contribution in [0.2, 0.25) is 0 Å².